The van der Waals surface area contributed by atoms with E-state index in [1.54, 1.807) is 7.05 Å². The van der Waals surface area contributed by atoms with E-state index in [9.17, 15) is 0 Å². The number of ether oxygens (including phenoxy) is 2. The van der Waals surface area contributed by atoms with E-state index in [4.69, 9.17) is 9.47 Å². The van der Waals surface area contributed by atoms with Gasteiger partial charge in [-0.25, -0.2) is 0 Å². The molecule has 1 atom stereocenters. The van der Waals surface area contributed by atoms with Gasteiger partial charge in [0, 0.05) is 25.7 Å². The van der Waals surface area contributed by atoms with Gasteiger partial charge in [0.05, 0.1) is 6.54 Å². The molecule has 0 amide bonds. The molecule has 0 radical (unpaired) electrons. The summed E-state index contributed by atoms with van der Waals surface area (Å²) in [6.45, 7) is 6.91. The smallest absolute Gasteiger partial charge is 0.191 e. The van der Waals surface area contributed by atoms with Crippen molar-refractivity contribution in [2.75, 3.05) is 40.8 Å². The third kappa shape index (κ3) is 8.44. The first-order valence-electron chi connectivity index (χ1n) is 10.0. The minimum atomic E-state index is 0.0111. The van der Waals surface area contributed by atoms with E-state index in [0.717, 1.165) is 29.6 Å². The Morgan fingerprint density at radius 1 is 1.10 bits per heavy atom. The Bertz CT molecular complexity index is 777. The summed E-state index contributed by atoms with van der Waals surface area (Å²) in [5, 5.41) is 6.66. The maximum absolute atomic E-state index is 5.97. The second-order valence-electron chi connectivity index (χ2n) is 7.31. The van der Waals surface area contributed by atoms with Crippen molar-refractivity contribution in [1.82, 2.24) is 15.5 Å². The van der Waals surface area contributed by atoms with Gasteiger partial charge in [0.25, 0.3) is 0 Å². The summed E-state index contributed by atoms with van der Waals surface area (Å²) in [7, 11) is 5.84. The summed E-state index contributed by atoms with van der Waals surface area (Å²) >= 11 is 0. The number of likely N-dealkylation sites (N-methyl/N-ethyl adjacent to an activating group) is 1. The highest BCUT2D eigenvalue weighted by Crippen LogP contribution is 2.17. The number of aliphatic imine (C=N–C) groups is 1. The molecule has 0 fully saturated rings. The molecule has 0 saturated heterocycles. The van der Waals surface area contributed by atoms with Crippen LogP contribution >= 0.6 is 0 Å². The summed E-state index contributed by atoms with van der Waals surface area (Å²) in [6.07, 6.45) is 0.0111. The maximum atomic E-state index is 5.97. The van der Waals surface area contributed by atoms with Crippen molar-refractivity contribution < 1.29 is 9.47 Å². The standard InChI is InChI=1S/C23H34N4O2/c1-18-9-8-11-21(15-18)29-19(2)16-25-23(24-3)26-17-20-10-6-7-12-22(20)28-14-13-27(4)5/h6-12,15,19H,13-14,16-17H2,1-5H3,(H2,24,25,26). The predicted molar refractivity (Wildman–Crippen MR) is 120 cm³/mol. The Kier molecular flexibility index (Phi) is 9.31. The van der Waals surface area contributed by atoms with E-state index >= 15 is 0 Å². The predicted octanol–water partition coefficient (Wildman–Crippen LogP) is 3.07. The highest BCUT2D eigenvalue weighted by molar-refractivity contribution is 5.79. The largest absolute Gasteiger partial charge is 0.492 e. The van der Waals surface area contributed by atoms with Gasteiger partial charge in [-0.1, -0.05) is 30.3 Å². The Morgan fingerprint density at radius 2 is 1.90 bits per heavy atom. The van der Waals surface area contributed by atoms with Crippen molar-refractivity contribution in [3.8, 4) is 11.5 Å². The molecule has 29 heavy (non-hydrogen) atoms. The van der Waals surface area contributed by atoms with Crippen molar-refractivity contribution >= 4 is 5.96 Å². The second-order valence-corrected chi connectivity index (χ2v) is 7.31. The molecule has 158 valence electrons. The third-order valence-corrected chi connectivity index (χ3v) is 4.32. The average Bonchev–Trinajstić information content (AvgIpc) is 2.69. The van der Waals surface area contributed by atoms with Gasteiger partial charge in [0.2, 0.25) is 0 Å². The Labute approximate surface area is 174 Å². The number of hydrogen-bond donors (Lipinski definition) is 2. The number of hydrogen-bond acceptors (Lipinski definition) is 4. The number of nitrogens with one attached hydrogen (secondary N) is 2. The average molecular weight is 399 g/mol. The summed E-state index contributed by atoms with van der Waals surface area (Å²) < 4.78 is 11.9. The van der Waals surface area contributed by atoms with Crippen LogP contribution < -0.4 is 20.1 Å². The van der Waals surface area contributed by atoms with Crippen LogP contribution in [0.4, 0.5) is 0 Å². The molecule has 0 bridgehead atoms. The molecule has 2 aromatic rings. The molecule has 0 aliphatic carbocycles. The van der Waals surface area contributed by atoms with Crippen LogP contribution in [0.3, 0.4) is 0 Å². The fourth-order valence-electron chi connectivity index (χ4n) is 2.73. The normalized spacial score (nSPS) is 12.6. The molecule has 0 saturated carbocycles. The van der Waals surface area contributed by atoms with E-state index in [2.05, 4.69) is 39.6 Å². The lowest BCUT2D eigenvalue weighted by atomic mass is 10.2. The number of benzene rings is 2. The van der Waals surface area contributed by atoms with Gasteiger partial charge in [-0.3, -0.25) is 4.99 Å². The van der Waals surface area contributed by atoms with Crippen molar-refractivity contribution in [3.05, 3.63) is 59.7 Å². The topological polar surface area (TPSA) is 58.1 Å². The van der Waals surface area contributed by atoms with E-state index in [1.165, 1.54) is 5.56 Å². The zero-order valence-electron chi connectivity index (χ0n) is 18.2. The van der Waals surface area contributed by atoms with Crippen LogP contribution in [-0.2, 0) is 6.54 Å². The molecular weight excluding hydrogens is 364 g/mol. The van der Waals surface area contributed by atoms with Crippen LogP contribution in [0.2, 0.25) is 0 Å². The molecule has 6 heteroatoms. The van der Waals surface area contributed by atoms with Gasteiger partial charge in [-0.2, -0.15) is 0 Å². The molecule has 2 rings (SSSR count). The highest BCUT2D eigenvalue weighted by Gasteiger charge is 2.08. The maximum Gasteiger partial charge on any atom is 0.191 e. The van der Waals surface area contributed by atoms with Crippen LogP contribution in [0.1, 0.15) is 18.1 Å². The summed E-state index contributed by atoms with van der Waals surface area (Å²) in [4.78, 5) is 6.41. The van der Waals surface area contributed by atoms with Crippen LogP contribution in [0.15, 0.2) is 53.5 Å². The van der Waals surface area contributed by atoms with Gasteiger partial charge in [-0.15, -0.1) is 0 Å². The van der Waals surface area contributed by atoms with Crippen LogP contribution in [0, 0.1) is 6.92 Å². The lowest BCUT2D eigenvalue weighted by Gasteiger charge is -2.19. The Hall–Kier alpha value is -2.73. The van der Waals surface area contributed by atoms with Crippen molar-refractivity contribution in [2.45, 2.75) is 26.5 Å². The first kappa shape index (κ1) is 22.6. The van der Waals surface area contributed by atoms with Crippen LogP contribution in [0.25, 0.3) is 0 Å². The molecule has 0 heterocycles. The van der Waals surface area contributed by atoms with Gasteiger partial charge in [0.1, 0.15) is 24.2 Å². The van der Waals surface area contributed by atoms with Gasteiger partial charge >= 0.3 is 0 Å². The second kappa shape index (κ2) is 12.0. The van der Waals surface area contributed by atoms with Gasteiger partial charge in [0.15, 0.2) is 5.96 Å². The van der Waals surface area contributed by atoms with Crippen molar-refractivity contribution in [3.63, 3.8) is 0 Å². The van der Waals surface area contributed by atoms with Crippen LogP contribution in [-0.4, -0.2) is 57.8 Å². The number of para-hydroxylation sites is 1. The Morgan fingerprint density at radius 3 is 2.62 bits per heavy atom. The highest BCUT2D eigenvalue weighted by atomic mass is 16.5. The van der Waals surface area contributed by atoms with Gasteiger partial charge < -0.3 is 25.0 Å². The number of aryl methyl sites for hydroxylation is 1. The molecule has 2 aromatic carbocycles. The molecule has 1 unspecified atom stereocenters. The number of guanidine groups is 1. The first-order chi connectivity index (χ1) is 14.0. The Balaban J connectivity index is 1.81. The zero-order valence-corrected chi connectivity index (χ0v) is 18.2. The summed E-state index contributed by atoms with van der Waals surface area (Å²) in [6, 6.07) is 16.2. The fraction of sp³-hybridized carbons (Fsp3) is 0.435. The van der Waals surface area contributed by atoms with Crippen molar-refractivity contribution in [2.24, 2.45) is 4.99 Å². The number of rotatable bonds is 10. The SMILES string of the molecule is CN=C(NCc1ccccc1OCCN(C)C)NCC(C)Oc1cccc(C)c1. The minimum absolute atomic E-state index is 0.0111. The van der Waals surface area contributed by atoms with E-state index in [0.29, 0.717) is 19.7 Å². The zero-order chi connectivity index (χ0) is 21.1. The molecule has 0 aliphatic heterocycles. The van der Waals surface area contributed by atoms with E-state index in [1.807, 2.05) is 57.4 Å². The lowest BCUT2D eigenvalue weighted by Crippen LogP contribution is -2.41. The molecule has 2 N–H and O–H groups in total. The summed E-state index contributed by atoms with van der Waals surface area (Å²) in [5.41, 5.74) is 2.28. The fourth-order valence-corrected chi connectivity index (χ4v) is 2.73. The quantitative estimate of drug-likeness (QED) is 0.476. The van der Waals surface area contributed by atoms with E-state index in [-0.39, 0.29) is 6.10 Å². The minimum Gasteiger partial charge on any atom is -0.492 e. The summed E-state index contributed by atoms with van der Waals surface area (Å²) in [5.74, 6) is 2.51. The molecule has 0 aromatic heterocycles. The van der Waals surface area contributed by atoms with Crippen molar-refractivity contribution in [1.29, 1.82) is 0 Å². The monoisotopic (exact) mass is 398 g/mol. The molecular formula is C23H34N4O2. The lowest BCUT2D eigenvalue weighted by molar-refractivity contribution is 0.223. The molecule has 0 aliphatic rings. The molecule has 6 nitrogen and oxygen atoms in total. The molecule has 0 spiro atoms. The van der Waals surface area contributed by atoms with Gasteiger partial charge in [-0.05, 0) is 51.7 Å². The first-order valence-corrected chi connectivity index (χ1v) is 10.0. The third-order valence-electron chi connectivity index (χ3n) is 4.32. The van der Waals surface area contributed by atoms with E-state index < -0.39 is 0 Å². The number of nitrogens with zero attached hydrogens (tertiary/aromatic N) is 2. The van der Waals surface area contributed by atoms with Crippen LogP contribution in [0.5, 0.6) is 11.5 Å².